The molecule has 0 atom stereocenters. The van der Waals surface area contributed by atoms with Gasteiger partial charge in [-0.3, -0.25) is 0 Å². The van der Waals surface area contributed by atoms with Crippen molar-refractivity contribution in [2.75, 3.05) is 14.2 Å². The Kier molecular flexibility index (Phi) is 3.53. The van der Waals surface area contributed by atoms with E-state index in [4.69, 9.17) is 21.6 Å². The van der Waals surface area contributed by atoms with E-state index in [-0.39, 0.29) is 16.1 Å². The van der Waals surface area contributed by atoms with Crippen LogP contribution in [0.1, 0.15) is 15.9 Å². The van der Waals surface area contributed by atoms with Crippen molar-refractivity contribution < 1.29 is 14.3 Å². The molecule has 0 saturated carbocycles. The van der Waals surface area contributed by atoms with Gasteiger partial charge in [-0.1, -0.05) is 11.6 Å². The zero-order chi connectivity index (χ0) is 11.4. The van der Waals surface area contributed by atoms with Gasteiger partial charge in [-0.2, -0.15) is 5.26 Å². The molecular formula is C10H8ClNO3. The molecule has 1 aromatic rings. The number of halogens is 1. The molecule has 0 radical (unpaired) electrons. The second kappa shape index (κ2) is 4.67. The summed E-state index contributed by atoms with van der Waals surface area (Å²) < 4.78 is 9.46. The van der Waals surface area contributed by atoms with Gasteiger partial charge in [0.05, 0.1) is 30.4 Å². The van der Waals surface area contributed by atoms with Crippen LogP contribution in [0.15, 0.2) is 12.1 Å². The molecule has 0 aliphatic carbocycles. The lowest BCUT2D eigenvalue weighted by atomic mass is 10.1. The molecule has 0 aliphatic rings. The largest absolute Gasteiger partial charge is 0.495 e. The first-order valence-electron chi connectivity index (χ1n) is 4.00. The molecule has 4 nitrogen and oxygen atoms in total. The zero-order valence-electron chi connectivity index (χ0n) is 8.20. The van der Waals surface area contributed by atoms with Crippen LogP contribution < -0.4 is 4.74 Å². The van der Waals surface area contributed by atoms with Gasteiger partial charge in [0.1, 0.15) is 11.8 Å². The van der Waals surface area contributed by atoms with Gasteiger partial charge in [0.25, 0.3) is 0 Å². The first kappa shape index (κ1) is 11.3. The summed E-state index contributed by atoms with van der Waals surface area (Å²) in [5.41, 5.74) is 0.300. The average Bonchev–Trinajstić information content (AvgIpc) is 2.27. The van der Waals surface area contributed by atoms with E-state index in [2.05, 4.69) is 4.74 Å². The Balaban J connectivity index is 3.37. The fourth-order valence-corrected chi connectivity index (χ4v) is 1.32. The van der Waals surface area contributed by atoms with Crippen molar-refractivity contribution >= 4 is 17.6 Å². The van der Waals surface area contributed by atoms with Gasteiger partial charge in [-0.05, 0) is 12.1 Å². The standard InChI is InChI=1S/C10H8ClNO3/c1-14-9-4-7(10(13)15-2)6(5-12)3-8(9)11/h3-4H,1-2H3. The van der Waals surface area contributed by atoms with E-state index in [1.165, 1.54) is 26.4 Å². The first-order valence-corrected chi connectivity index (χ1v) is 4.37. The Morgan fingerprint density at radius 1 is 1.47 bits per heavy atom. The number of carbonyl (C=O) groups excluding carboxylic acids is 1. The van der Waals surface area contributed by atoms with Gasteiger partial charge in [-0.25, -0.2) is 4.79 Å². The molecular weight excluding hydrogens is 218 g/mol. The monoisotopic (exact) mass is 225 g/mol. The topological polar surface area (TPSA) is 59.3 Å². The number of carbonyl (C=O) groups is 1. The van der Waals surface area contributed by atoms with Crippen molar-refractivity contribution in [3.05, 3.63) is 28.3 Å². The summed E-state index contributed by atoms with van der Waals surface area (Å²) in [5, 5.41) is 9.07. The third kappa shape index (κ3) is 2.20. The highest BCUT2D eigenvalue weighted by Crippen LogP contribution is 2.28. The Hall–Kier alpha value is -1.73. The maximum absolute atomic E-state index is 11.3. The molecule has 0 N–H and O–H groups in total. The lowest BCUT2D eigenvalue weighted by molar-refractivity contribution is 0.0600. The smallest absolute Gasteiger partial charge is 0.339 e. The number of methoxy groups -OCH3 is 2. The SMILES string of the molecule is COC(=O)c1cc(OC)c(Cl)cc1C#N. The third-order valence-electron chi connectivity index (χ3n) is 1.82. The average molecular weight is 226 g/mol. The van der Waals surface area contributed by atoms with Gasteiger partial charge < -0.3 is 9.47 Å². The molecule has 0 fully saturated rings. The van der Waals surface area contributed by atoms with Crippen LogP contribution in [0.25, 0.3) is 0 Å². The summed E-state index contributed by atoms with van der Waals surface area (Å²) in [6.07, 6.45) is 0. The summed E-state index contributed by atoms with van der Waals surface area (Å²) in [5.74, 6) is -0.266. The van der Waals surface area contributed by atoms with E-state index < -0.39 is 5.97 Å². The number of hydrogen-bond acceptors (Lipinski definition) is 4. The quantitative estimate of drug-likeness (QED) is 0.723. The van der Waals surface area contributed by atoms with E-state index in [9.17, 15) is 4.79 Å². The van der Waals surface area contributed by atoms with Crippen LogP contribution in [-0.2, 0) is 4.74 Å². The molecule has 0 aromatic heterocycles. The second-order valence-electron chi connectivity index (χ2n) is 2.64. The second-order valence-corrected chi connectivity index (χ2v) is 3.04. The predicted molar refractivity (Wildman–Crippen MR) is 54.1 cm³/mol. The van der Waals surface area contributed by atoms with Crippen LogP contribution in [-0.4, -0.2) is 20.2 Å². The van der Waals surface area contributed by atoms with Crippen LogP contribution >= 0.6 is 11.6 Å². The number of benzene rings is 1. The molecule has 0 aliphatic heterocycles. The highest BCUT2D eigenvalue weighted by molar-refractivity contribution is 6.32. The minimum atomic E-state index is -0.596. The molecule has 0 saturated heterocycles. The number of rotatable bonds is 2. The number of nitrogens with zero attached hydrogens (tertiary/aromatic N) is 1. The van der Waals surface area contributed by atoms with Crippen LogP contribution in [0.3, 0.4) is 0 Å². The Labute approximate surface area is 92.0 Å². The van der Waals surface area contributed by atoms with Crippen LogP contribution in [0, 0.1) is 11.3 Å². The Morgan fingerprint density at radius 2 is 2.13 bits per heavy atom. The van der Waals surface area contributed by atoms with Gasteiger partial charge in [0, 0.05) is 0 Å². The molecule has 0 spiro atoms. The van der Waals surface area contributed by atoms with Gasteiger partial charge >= 0.3 is 5.97 Å². The predicted octanol–water partition coefficient (Wildman–Crippen LogP) is 2.01. The van der Waals surface area contributed by atoms with Crippen molar-refractivity contribution in [1.29, 1.82) is 5.26 Å². The highest BCUT2D eigenvalue weighted by atomic mass is 35.5. The summed E-state index contributed by atoms with van der Waals surface area (Å²) >= 11 is 5.80. The maximum Gasteiger partial charge on any atom is 0.339 e. The highest BCUT2D eigenvalue weighted by Gasteiger charge is 2.15. The number of nitriles is 1. The van der Waals surface area contributed by atoms with Crippen molar-refractivity contribution in [3.8, 4) is 11.8 Å². The first-order chi connectivity index (χ1) is 7.13. The summed E-state index contributed by atoms with van der Waals surface area (Å²) in [4.78, 5) is 11.3. The number of esters is 1. The van der Waals surface area contributed by atoms with Gasteiger partial charge in [0.15, 0.2) is 0 Å². The van der Waals surface area contributed by atoms with Crippen LogP contribution in [0.5, 0.6) is 5.75 Å². The molecule has 0 amide bonds. The molecule has 0 unspecified atom stereocenters. The summed E-state index contributed by atoms with van der Waals surface area (Å²) in [6.45, 7) is 0. The van der Waals surface area contributed by atoms with Gasteiger partial charge in [-0.15, -0.1) is 0 Å². The Morgan fingerprint density at radius 3 is 2.60 bits per heavy atom. The van der Waals surface area contributed by atoms with Crippen molar-refractivity contribution in [2.24, 2.45) is 0 Å². The number of ether oxygens (including phenoxy) is 2. The van der Waals surface area contributed by atoms with Crippen LogP contribution in [0.2, 0.25) is 5.02 Å². The van der Waals surface area contributed by atoms with E-state index in [0.29, 0.717) is 5.75 Å². The minimum absolute atomic E-state index is 0.140. The summed E-state index contributed by atoms with van der Waals surface area (Å²) in [6, 6.07) is 4.61. The van der Waals surface area contributed by atoms with E-state index >= 15 is 0 Å². The molecule has 0 bridgehead atoms. The van der Waals surface area contributed by atoms with Gasteiger partial charge in [0.2, 0.25) is 0 Å². The fraction of sp³-hybridized carbons (Fsp3) is 0.200. The normalized spacial score (nSPS) is 9.20. The van der Waals surface area contributed by atoms with Crippen molar-refractivity contribution in [3.63, 3.8) is 0 Å². The maximum atomic E-state index is 11.3. The van der Waals surface area contributed by atoms with E-state index in [1.807, 2.05) is 6.07 Å². The summed E-state index contributed by atoms with van der Waals surface area (Å²) in [7, 11) is 2.67. The third-order valence-corrected chi connectivity index (χ3v) is 2.11. The van der Waals surface area contributed by atoms with E-state index in [1.54, 1.807) is 0 Å². The lowest BCUT2D eigenvalue weighted by Gasteiger charge is -2.06. The molecule has 1 rings (SSSR count). The number of hydrogen-bond donors (Lipinski definition) is 0. The Bertz CT molecular complexity index is 437. The molecule has 15 heavy (non-hydrogen) atoms. The molecule has 1 aromatic carbocycles. The zero-order valence-corrected chi connectivity index (χ0v) is 8.96. The fourth-order valence-electron chi connectivity index (χ4n) is 1.08. The molecule has 78 valence electrons. The van der Waals surface area contributed by atoms with E-state index in [0.717, 1.165) is 0 Å². The molecule has 0 heterocycles. The van der Waals surface area contributed by atoms with Crippen LogP contribution in [0.4, 0.5) is 0 Å². The van der Waals surface area contributed by atoms with Crippen molar-refractivity contribution in [1.82, 2.24) is 0 Å². The minimum Gasteiger partial charge on any atom is -0.495 e. The molecule has 5 heteroatoms. The lowest BCUT2D eigenvalue weighted by Crippen LogP contribution is -2.04. The van der Waals surface area contributed by atoms with Crippen molar-refractivity contribution in [2.45, 2.75) is 0 Å².